The predicted octanol–water partition coefficient (Wildman–Crippen LogP) is 3.93. The molecule has 96 valence electrons. The van der Waals surface area contributed by atoms with Crippen LogP contribution in [-0.4, -0.2) is 11.5 Å². The summed E-state index contributed by atoms with van der Waals surface area (Å²) in [6.45, 7) is 8.40. The van der Waals surface area contributed by atoms with Crippen LogP contribution in [0.5, 0.6) is 0 Å². The summed E-state index contributed by atoms with van der Waals surface area (Å²) in [5.41, 5.74) is 5.05. The lowest BCUT2D eigenvalue weighted by molar-refractivity contribution is 0.667. The van der Waals surface area contributed by atoms with Gasteiger partial charge in [0.2, 0.25) is 0 Å². The van der Waals surface area contributed by atoms with Gasteiger partial charge in [-0.05, 0) is 37.9 Å². The Morgan fingerprint density at radius 3 is 2.61 bits per heavy atom. The van der Waals surface area contributed by atoms with Crippen LogP contribution in [0.2, 0.25) is 0 Å². The third-order valence-corrected chi connectivity index (χ3v) is 3.89. The highest BCUT2D eigenvalue weighted by molar-refractivity contribution is 7.13. The summed E-state index contributed by atoms with van der Waals surface area (Å²) in [6.07, 6.45) is 1.16. The number of aryl methyl sites for hydroxylation is 2. The quantitative estimate of drug-likeness (QED) is 0.824. The number of thiazole rings is 1. The normalized spacial score (nSPS) is 10.8. The minimum Gasteiger partial charge on any atom is -0.311 e. The molecule has 2 nitrogen and oxygen atoms in total. The lowest BCUT2D eigenvalue weighted by Gasteiger charge is -2.05. The molecule has 0 atom stereocenters. The van der Waals surface area contributed by atoms with Crippen molar-refractivity contribution in [3.05, 3.63) is 40.4 Å². The summed E-state index contributed by atoms with van der Waals surface area (Å²) >= 11 is 1.74. The van der Waals surface area contributed by atoms with E-state index in [1.807, 2.05) is 0 Å². The first-order chi connectivity index (χ1) is 8.72. The van der Waals surface area contributed by atoms with Gasteiger partial charge >= 0.3 is 0 Å². The van der Waals surface area contributed by atoms with Crippen LogP contribution in [0.15, 0.2) is 23.6 Å². The van der Waals surface area contributed by atoms with Gasteiger partial charge in [0, 0.05) is 17.5 Å². The molecule has 0 spiro atoms. The van der Waals surface area contributed by atoms with Crippen LogP contribution in [0, 0.1) is 13.8 Å². The van der Waals surface area contributed by atoms with E-state index in [1.54, 1.807) is 11.3 Å². The molecule has 0 unspecified atom stereocenters. The summed E-state index contributed by atoms with van der Waals surface area (Å²) < 4.78 is 0. The second-order valence-corrected chi connectivity index (χ2v) is 5.45. The molecule has 2 aromatic rings. The predicted molar refractivity (Wildman–Crippen MR) is 79.0 cm³/mol. The molecule has 0 bridgehead atoms. The minimum absolute atomic E-state index is 0.870. The van der Waals surface area contributed by atoms with Gasteiger partial charge in [0.1, 0.15) is 5.01 Å². The Labute approximate surface area is 113 Å². The molecule has 3 heteroatoms. The topological polar surface area (TPSA) is 24.9 Å². The van der Waals surface area contributed by atoms with Crippen LogP contribution in [0.4, 0.5) is 0 Å². The summed E-state index contributed by atoms with van der Waals surface area (Å²) in [7, 11) is 0. The van der Waals surface area contributed by atoms with Crippen LogP contribution < -0.4 is 5.32 Å². The number of aromatic nitrogens is 1. The van der Waals surface area contributed by atoms with Crippen molar-refractivity contribution in [3.8, 4) is 10.6 Å². The third kappa shape index (κ3) is 2.98. The molecular weight excluding hydrogens is 240 g/mol. The van der Waals surface area contributed by atoms with Crippen LogP contribution in [-0.2, 0) is 6.54 Å². The maximum Gasteiger partial charge on any atom is 0.124 e. The van der Waals surface area contributed by atoms with Crippen molar-refractivity contribution in [1.29, 1.82) is 0 Å². The maximum absolute atomic E-state index is 4.73. The number of rotatable bonds is 5. The largest absolute Gasteiger partial charge is 0.311 e. The average molecular weight is 260 g/mol. The Morgan fingerprint density at radius 2 is 1.94 bits per heavy atom. The zero-order valence-corrected chi connectivity index (χ0v) is 12.1. The fourth-order valence-corrected chi connectivity index (χ4v) is 3.04. The standard InChI is InChI=1S/C15H20N2S/c1-4-8-16-9-13-10-18-15(17-13)14-11(2)6-5-7-12(14)3/h5-7,10,16H,4,8-9H2,1-3H3. The van der Waals surface area contributed by atoms with E-state index in [4.69, 9.17) is 4.98 Å². The van der Waals surface area contributed by atoms with E-state index >= 15 is 0 Å². The Bertz CT molecular complexity index is 497. The molecule has 2 rings (SSSR count). The SMILES string of the molecule is CCCNCc1csc(-c2c(C)cccc2C)n1. The van der Waals surface area contributed by atoms with Crippen molar-refractivity contribution < 1.29 is 0 Å². The Balaban J connectivity index is 2.19. The summed E-state index contributed by atoms with van der Waals surface area (Å²) in [5, 5.41) is 6.68. The monoisotopic (exact) mass is 260 g/mol. The molecule has 0 aliphatic carbocycles. The zero-order chi connectivity index (χ0) is 13.0. The molecule has 1 N–H and O–H groups in total. The molecule has 0 saturated carbocycles. The Morgan fingerprint density at radius 1 is 1.22 bits per heavy atom. The van der Waals surface area contributed by atoms with Crippen molar-refractivity contribution in [2.45, 2.75) is 33.7 Å². The summed E-state index contributed by atoms with van der Waals surface area (Å²) in [5.74, 6) is 0. The van der Waals surface area contributed by atoms with Crippen molar-refractivity contribution in [2.24, 2.45) is 0 Å². The van der Waals surface area contributed by atoms with E-state index in [0.29, 0.717) is 0 Å². The highest BCUT2D eigenvalue weighted by Gasteiger charge is 2.09. The van der Waals surface area contributed by atoms with Gasteiger partial charge in [0.05, 0.1) is 5.69 Å². The molecule has 0 amide bonds. The molecule has 18 heavy (non-hydrogen) atoms. The maximum atomic E-state index is 4.73. The molecule has 0 aliphatic heterocycles. The van der Waals surface area contributed by atoms with Gasteiger partial charge in [-0.25, -0.2) is 4.98 Å². The van der Waals surface area contributed by atoms with Gasteiger partial charge in [-0.1, -0.05) is 25.1 Å². The van der Waals surface area contributed by atoms with Gasteiger partial charge in [0.25, 0.3) is 0 Å². The van der Waals surface area contributed by atoms with E-state index in [0.717, 1.165) is 30.2 Å². The number of hydrogen-bond donors (Lipinski definition) is 1. The van der Waals surface area contributed by atoms with Crippen molar-refractivity contribution >= 4 is 11.3 Å². The van der Waals surface area contributed by atoms with Gasteiger partial charge in [0.15, 0.2) is 0 Å². The number of nitrogens with zero attached hydrogens (tertiary/aromatic N) is 1. The van der Waals surface area contributed by atoms with Gasteiger partial charge < -0.3 is 5.32 Å². The van der Waals surface area contributed by atoms with E-state index in [1.165, 1.54) is 16.7 Å². The molecule has 1 aromatic carbocycles. The van der Waals surface area contributed by atoms with E-state index in [-0.39, 0.29) is 0 Å². The smallest absolute Gasteiger partial charge is 0.124 e. The van der Waals surface area contributed by atoms with E-state index < -0.39 is 0 Å². The molecule has 1 aromatic heterocycles. The fourth-order valence-electron chi connectivity index (χ4n) is 2.05. The summed E-state index contributed by atoms with van der Waals surface area (Å²) in [6, 6.07) is 6.41. The van der Waals surface area contributed by atoms with E-state index in [9.17, 15) is 0 Å². The minimum atomic E-state index is 0.870. The van der Waals surface area contributed by atoms with Crippen LogP contribution in [0.25, 0.3) is 10.6 Å². The Hall–Kier alpha value is -1.19. The van der Waals surface area contributed by atoms with Crippen LogP contribution >= 0.6 is 11.3 Å². The molecular formula is C15H20N2S. The molecule has 0 aliphatic rings. The molecule has 1 heterocycles. The van der Waals surface area contributed by atoms with Crippen molar-refractivity contribution in [1.82, 2.24) is 10.3 Å². The zero-order valence-electron chi connectivity index (χ0n) is 11.3. The second-order valence-electron chi connectivity index (χ2n) is 4.59. The Kier molecular flexibility index (Phi) is 4.50. The highest BCUT2D eigenvalue weighted by Crippen LogP contribution is 2.29. The lowest BCUT2D eigenvalue weighted by atomic mass is 10.0. The van der Waals surface area contributed by atoms with Crippen LogP contribution in [0.3, 0.4) is 0 Å². The molecule has 0 radical (unpaired) electrons. The number of hydrogen-bond acceptors (Lipinski definition) is 3. The first-order valence-electron chi connectivity index (χ1n) is 6.44. The van der Waals surface area contributed by atoms with Gasteiger partial charge in [-0.3, -0.25) is 0 Å². The number of benzene rings is 1. The molecule has 0 saturated heterocycles. The fraction of sp³-hybridized carbons (Fsp3) is 0.400. The number of nitrogens with one attached hydrogen (secondary N) is 1. The van der Waals surface area contributed by atoms with Crippen LogP contribution in [0.1, 0.15) is 30.2 Å². The average Bonchev–Trinajstić information content (AvgIpc) is 2.78. The van der Waals surface area contributed by atoms with Crippen molar-refractivity contribution in [2.75, 3.05) is 6.54 Å². The van der Waals surface area contributed by atoms with Gasteiger partial charge in [-0.2, -0.15) is 0 Å². The third-order valence-electron chi connectivity index (χ3n) is 2.98. The first kappa shape index (κ1) is 13.2. The summed E-state index contributed by atoms with van der Waals surface area (Å²) in [4.78, 5) is 4.73. The molecule has 0 fully saturated rings. The van der Waals surface area contributed by atoms with Gasteiger partial charge in [-0.15, -0.1) is 11.3 Å². The lowest BCUT2D eigenvalue weighted by Crippen LogP contribution is -2.13. The van der Waals surface area contributed by atoms with Crippen molar-refractivity contribution in [3.63, 3.8) is 0 Å². The first-order valence-corrected chi connectivity index (χ1v) is 7.32. The van der Waals surface area contributed by atoms with E-state index in [2.05, 4.69) is 49.7 Å². The highest BCUT2D eigenvalue weighted by atomic mass is 32.1. The second kappa shape index (κ2) is 6.12.